The highest BCUT2D eigenvalue weighted by atomic mass is 14.9. The van der Waals surface area contributed by atoms with Crippen LogP contribution in [0.2, 0.25) is 0 Å². The summed E-state index contributed by atoms with van der Waals surface area (Å²) >= 11 is 0. The first-order chi connectivity index (χ1) is 10.4. The fraction of sp³-hybridized carbons (Fsp3) is 0.111. The van der Waals surface area contributed by atoms with Crippen molar-refractivity contribution in [2.24, 2.45) is 0 Å². The van der Waals surface area contributed by atoms with Crippen LogP contribution in [0, 0.1) is 11.3 Å². The van der Waals surface area contributed by atoms with E-state index in [0.717, 1.165) is 21.9 Å². The highest BCUT2D eigenvalue weighted by Crippen LogP contribution is 2.24. The quantitative estimate of drug-likeness (QED) is 0.790. The summed E-state index contributed by atoms with van der Waals surface area (Å²) in [7, 11) is 0. The summed E-state index contributed by atoms with van der Waals surface area (Å²) in [5, 5.41) is 15.1. The van der Waals surface area contributed by atoms with Crippen molar-refractivity contribution >= 4 is 10.8 Å². The molecule has 0 amide bonds. The molecule has 0 aliphatic carbocycles. The molecular weight excluding hydrogens is 258 g/mol. The molecule has 102 valence electrons. The largest absolute Gasteiger partial charge is 0.294 e. The van der Waals surface area contributed by atoms with Crippen molar-refractivity contribution in [3.8, 4) is 6.07 Å². The summed E-state index contributed by atoms with van der Waals surface area (Å²) in [6, 6.07) is 20.1. The third-order valence-electron chi connectivity index (χ3n) is 3.52. The van der Waals surface area contributed by atoms with Gasteiger partial charge in [0, 0.05) is 18.9 Å². The number of hydrogen-bond acceptors (Lipinski definition) is 3. The monoisotopic (exact) mass is 273 g/mol. The number of nitriles is 1. The van der Waals surface area contributed by atoms with Gasteiger partial charge in [-0.05, 0) is 34.0 Å². The van der Waals surface area contributed by atoms with Crippen LogP contribution in [0.25, 0.3) is 10.8 Å². The van der Waals surface area contributed by atoms with Crippen molar-refractivity contribution < 1.29 is 0 Å². The summed E-state index contributed by atoms with van der Waals surface area (Å²) in [4.78, 5) is 4.00. The van der Waals surface area contributed by atoms with Gasteiger partial charge in [-0.2, -0.15) is 5.26 Å². The molecule has 21 heavy (non-hydrogen) atoms. The summed E-state index contributed by atoms with van der Waals surface area (Å²) in [5.41, 5.74) is 2.13. The predicted octanol–water partition coefficient (Wildman–Crippen LogP) is 3.59. The summed E-state index contributed by atoms with van der Waals surface area (Å²) < 4.78 is 0. The predicted molar refractivity (Wildman–Crippen MR) is 83.4 cm³/mol. The van der Waals surface area contributed by atoms with Gasteiger partial charge in [-0.1, -0.05) is 42.5 Å². The molecule has 0 radical (unpaired) electrons. The average Bonchev–Trinajstić information content (AvgIpc) is 2.56. The topological polar surface area (TPSA) is 48.7 Å². The highest BCUT2D eigenvalue weighted by Gasteiger charge is 2.12. The Balaban J connectivity index is 1.87. The van der Waals surface area contributed by atoms with E-state index in [9.17, 15) is 5.26 Å². The molecule has 1 heterocycles. The molecule has 0 bridgehead atoms. The van der Waals surface area contributed by atoms with E-state index in [1.807, 2.05) is 36.4 Å². The molecule has 2 aromatic carbocycles. The lowest BCUT2D eigenvalue weighted by atomic mass is 9.99. The lowest BCUT2D eigenvalue weighted by Gasteiger charge is -2.14. The number of nitrogens with one attached hydrogen (secondary N) is 1. The van der Waals surface area contributed by atoms with E-state index in [-0.39, 0.29) is 6.04 Å². The SMILES string of the molecule is N#CC(NCc1ccncc1)c1cccc2ccccc12. The van der Waals surface area contributed by atoms with Crippen molar-refractivity contribution in [1.29, 1.82) is 5.26 Å². The maximum Gasteiger partial charge on any atom is 0.122 e. The Bertz CT molecular complexity index is 770. The molecule has 0 spiro atoms. The number of benzene rings is 2. The first-order valence-electron chi connectivity index (χ1n) is 6.88. The Morgan fingerprint density at radius 3 is 2.57 bits per heavy atom. The molecule has 3 nitrogen and oxygen atoms in total. The van der Waals surface area contributed by atoms with Crippen molar-refractivity contribution in [1.82, 2.24) is 10.3 Å². The van der Waals surface area contributed by atoms with Gasteiger partial charge in [0.25, 0.3) is 0 Å². The van der Waals surface area contributed by atoms with Crippen LogP contribution in [-0.4, -0.2) is 4.98 Å². The molecule has 0 fully saturated rings. The molecule has 0 saturated carbocycles. The fourth-order valence-electron chi connectivity index (χ4n) is 2.45. The van der Waals surface area contributed by atoms with Gasteiger partial charge in [0.2, 0.25) is 0 Å². The van der Waals surface area contributed by atoms with E-state index in [1.54, 1.807) is 12.4 Å². The second-order valence-electron chi connectivity index (χ2n) is 4.87. The van der Waals surface area contributed by atoms with Gasteiger partial charge in [-0.3, -0.25) is 10.3 Å². The summed E-state index contributed by atoms with van der Waals surface area (Å²) in [6.07, 6.45) is 3.52. The standard InChI is InChI=1S/C18H15N3/c19-12-18(21-13-14-8-10-20-11-9-14)17-7-3-5-15-4-1-2-6-16(15)17/h1-11,18,21H,13H2. The van der Waals surface area contributed by atoms with Crippen LogP contribution in [0.1, 0.15) is 17.2 Å². The maximum absolute atomic E-state index is 9.49. The first kappa shape index (κ1) is 13.3. The summed E-state index contributed by atoms with van der Waals surface area (Å²) in [6.45, 7) is 0.643. The number of pyridine rings is 1. The number of fused-ring (bicyclic) bond motifs is 1. The van der Waals surface area contributed by atoms with Crippen LogP contribution >= 0.6 is 0 Å². The summed E-state index contributed by atoms with van der Waals surface area (Å²) in [5.74, 6) is 0. The van der Waals surface area contributed by atoms with Crippen molar-refractivity contribution in [2.75, 3.05) is 0 Å². The van der Waals surface area contributed by atoms with E-state index in [0.29, 0.717) is 6.54 Å². The lowest BCUT2D eigenvalue weighted by Crippen LogP contribution is -2.19. The van der Waals surface area contributed by atoms with Crippen LogP contribution in [0.4, 0.5) is 0 Å². The number of aromatic nitrogens is 1. The minimum atomic E-state index is -0.329. The third kappa shape index (κ3) is 2.91. The van der Waals surface area contributed by atoms with Gasteiger partial charge in [-0.15, -0.1) is 0 Å². The van der Waals surface area contributed by atoms with Gasteiger partial charge in [0.05, 0.1) is 6.07 Å². The van der Waals surface area contributed by atoms with Crippen LogP contribution in [0.15, 0.2) is 67.0 Å². The second-order valence-corrected chi connectivity index (χ2v) is 4.87. The van der Waals surface area contributed by atoms with Crippen LogP contribution < -0.4 is 5.32 Å². The minimum Gasteiger partial charge on any atom is -0.294 e. The zero-order valence-electron chi connectivity index (χ0n) is 11.5. The zero-order chi connectivity index (χ0) is 14.5. The van der Waals surface area contributed by atoms with Crippen LogP contribution in [-0.2, 0) is 6.54 Å². The smallest absolute Gasteiger partial charge is 0.122 e. The molecule has 0 saturated heterocycles. The third-order valence-corrected chi connectivity index (χ3v) is 3.52. The van der Waals surface area contributed by atoms with Gasteiger partial charge in [0.1, 0.15) is 6.04 Å². The zero-order valence-corrected chi connectivity index (χ0v) is 11.5. The molecule has 3 heteroatoms. The maximum atomic E-state index is 9.49. The Kier molecular flexibility index (Phi) is 3.90. The minimum absolute atomic E-state index is 0.329. The molecule has 0 aliphatic rings. The molecule has 1 unspecified atom stereocenters. The number of hydrogen-bond donors (Lipinski definition) is 1. The van der Waals surface area contributed by atoms with Crippen LogP contribution in [0.3, 0.4) is 0 Å². The molecular formula is C18H15N3. The molecule has 1 atom stereocenters. The molecule has 3 rings (SSSR count). The van der Waals surface area contributed by atoms with Gasteiger partial charge < -0.3 is 0 Å². The first-order valence-corrected chi connectivity index (χ1v) is 6.88. The van der Waals surface area contributed by atoms with E-state index in [1.165, 1.54) is 0 Å². The highest BCUT2D eigenvalue weighted by molar-refractivity contribution is 5.86. The molecule has 0 aliphatic heterocycles. The van der Waals surface area contributed by atoms with Crippen LogP contribution in [0.5, 0.6) is 0 Å². The van der Waals surface area contributed by atoms with Crippen molar-refractivity contribution in [3.63, 3.8) is 0 Å². The average molecular weight is 273 g/mol. The molecule has 1 aromatic heterocycles. The van der Waals surface area contributed by atoms with Gasteiger partial charge >= 0.3 is 0 Å². The van der Waals surface area contributed by atoms with Crippen molar-refractivity contribution in [3.05, 3.63) is 78.1 Å². The van der Waals surface area contributed by atoms with Gasteiger partial charge in [-0.25, -0.2) is 0 Å². The normalized spacial score (nSPS) is 12.0. The van der Waals surface area contributed by atoms with Gasteiger partial charge in [0.15, 0.2) is 0 Å². The Labute approximate surface area is 123 Å². The van der Waals surface area contributed by atoms with Crippen molar-refractivity contribution in [2.45, 2.75) is 12.6 Å². The molecule has 1 N–H and O–H groups in total. The Morgan fingerprint density at radius 2 is 1.76 bits per heavy atom. The Morgan fingerprint density at radius 1 is 1.00 bits per heavy atom. The Hall–Kier alpha value is -2.70. The second kappa shape index (κ2) is 6.17. The molecule has 3 aromatic rings. The van der Waals surface area contributed by atoms with E-state index in [2.05, 4.69) is 34.6 Å². The number of rotatable bonds is 4. The lowest BCUT2D eigenvalue weighted by molar-refractivity contribution is 0.633. The number of nitrogens with zero attached hydrogens (tertiary/aromatic N) is 2. The van der Waals surface area contributed by atoms with E-state index >= 15 is 0 Å². The fourth-order valence-corrected chi connectivity index (χ4v) is 2.45. The van der Waals surface area contributed by atoms with E-state index in [4.69, 9.17) is 0 Å². The van der Waals surface area contributed by atoms with E-state index < -0.39 is 0 Å².